The van der Waals surface area contributed by atoms with Gasteiger partial charge in [-0.25, -0.2) is 4.79 Å². The molecule has 0 radical (unpaired) electrons. The Kier molecular flexibility index (Phi) is 10.7. The molecule has 0 heterocycles. The number of hydrogen-bond acceptors (Lipinski definition) is 5. The average molecular weight is 526 g/mol. The van der Waals surface area contributed by atoms with Crippen molar-refractivity contribution in [3.05, 3.63) is 59.2 Å². The molecule has 0 saturated carbocycles. The fourth-order valence-electron chi connectivity index (χ4n) is 4.15. The van der Waals surface area contributed by atoms with Crippen LogP contribution in [0.3, 0.4) is 0 Å². The second kappa shape index (κ2) is 13.3. The van der Waals surface area contributed by atoms with Gasteiger partial charge in [0.15, 0.2) is 0 Å². The van der Waals surface area contributed by atoms with E-state index in [2.05, 4.69) is 10.6 Å². The van der Waals surface area contributed by atoms with Gasteiger partial charge < -0.3 is 25.4 Å². The van der Waals surface area contributed by atoms with Crippen LogP contribution < -0.4 is 10.6 Å². The summed E-state index contributed by atoms with van der Waals surface area (Å²) in [6.07, 6.45) is 0.770. The van der Waals surface area contributed by atoms with Gasteiger partial charge in [0.1, 0.15) is 23.4 Å². The number of unbranched alkanes of at least 4 members (excludes halogenated alkanes) is 1. The van der Waals surface area contributed by atoms with Crippen molar-refractivity contribution in [3.8, 4) is 5.75 Å². The van der Waals surface area contributed by atoms with Gasteiger partial charge in [-0.1, -0.05) is 57.5 Å². The van der Waals surface area contributed by atoms with Crippen LogP contribution in [0.2, 0.25) is 0 Å². The zero-order valence-corrected chi connectivity index (χ0v) is 23.9. The standard InChI is InChI=1S/C30H43N3O5/c1-9-10-18-33(28(36)24(19(2)3)32-29(37)38-30(6,7)8)26(22-14-16-23(34)17-15-22)27(35)31-25-20(4)12-11-13-21(25)5/h11-17,19,24,26,34H,9-10,18H2,1-8H3,(H,31,35)(H,32,37). The van der Waals surface area contributed by atoms with Crippen LogP contribution in [0.25, 0.3) is 0 Å². The van der Waals surface area contributed by atoms with Gasteiger partial charge in [0, 0.05) is 12.2 Å². The van der Waals surface area contributed by atoms with Crippen LogP contribution in [-0.4, -0.2) is 46.1 Å². The van der Waals surface area contributed by atoms with Crippen molar-refractivity contribution < 1.29 is 24.2 Å². The van der Waals surface area contributed by atoms with Gasteiger partial charge in [-0.15, -0.1) is 0 Å². The molecular formula is C30H43N3O5. The van der Waals surface area contributed by atoms with Crippen LogP contribution in [0.5, 0.6) is 5.75 Å². The monoisotopic (exact) mass is 525 g/mol. The van der Waals surface area contributed by atoms with E-state index in [0.717, 1.165) is 17.5 Å². The summed E-state index contributed by atoms with van der Waals surface area (Å²) in [5.74, 6) is -0.964. The van der Waals surface area contributed by atoms with Gasteiger partial charge in [-0.3, -0.25) is 9.59 Å². The quantitative estimate of drug-likeness (QED) is 0.360. The van der Waals surface area contributed by atoms with Gasteiger partial charge in [0.2, 0.25) is 5.91 Å². The maximum absolute atomic E-state index is 14.1. The Hall–Kier alpha value is -3.55. The number of nitrogens with one attached hydrogen (secondary N) is 2. The third-order valence-corrected chi connectivity index (χ3v) is 6.14. The number of anilines is 1. The predicted octanol–water partition coefficient (Wildman–Crippen LogP) is 5.87. The summed E-state index contributed by atoms with van der Waals surface area (Å²) in [7, 11) is 0. The highest BCUT2D eigenvalue weighted by molar-refractivity contribution is 6.00. The fraction of sp³-hybridized carbons (Fsp3) is 0.500. The highest BCUT2D eigenvalue weighted by atomic mass is 16.6. The maximum Gasteiger partial charge on any atom is 0.408 e. The molecule has 208 valence electrons. The number of carbonyl (C=O) groups is 3. The highest BCUT2D eigenvalue weighted by Crippen LogP contribution is 2.29. The molecule has 3 amide bonds. The molecule has 0 saturated heterocycles. The molecule has 2 atom stereocenters. The van der Waals surface area contributed by atoms with Crippen molar-refractivity contribution in [3.63, 3.8) is 0 Å². The first-order chi connectivity index (χ1) is 17.7. The van der Waals surface area contributed by atoms with Crippen LogP contribution in [0.1, 0.15) is 77.1 Å². The van der Waals surface area contributed by atoms with Gasteiger partial charge in [0.25, 0.3) is 5.91 Å². The minimum Gasteiger partial charge on any atom is -0.508 e. The Balaban J connectivity index is 2.54. The molecule has 0 bridgehead atoms. The van der Waals surface area contributed by atoms with Crippen molar-refractivity contribution in [2.45, 2.75) is 85.9 Å². The second-order valence-electron chi connectivity index (χ2n) is 11.0. The summed E-state index contributed by atoms with van der Waals surface area (Å²) in [6, 6.07) is 10.1. The predicted molar refractivity (Wildman–Crippen MR) is 150 cm³/mol. The molecule has 0 aliphatic heterocycles. The maximum atomic E-state index is 14.1. The van der Waals surface area contributed by atoms with E-state index < -0.39 is 23.8 Å². The van der Waals surface area contributed by atoms with Crippen LogP contribution in [0.4, 0.5) is 10.5 Å². The topological polar surface area (TPSA) is 108 Å². The lowest BCUT2D eigenvalue weighted by Crippen LogP contribution is -2.54. The third kappa shape index (κ3) is 8.50. The lowest BCUT2D eigenvalue weighted by Gasteiger charge is -2.35. The molecule has 2 unspecified atom stereocenters. The number of alkyl carbamates (subject to hydrolysis) is 1. The lowest BCUT2D eigenvalue weighted by molar-refractivity contribution is -0.141. The molecule has 0 spiro atoms. The molecule has 2 aromatic carbocycles. The molecule has 8 nitrogen and oxygen atoms in total. The molecule has 0 aliphatic rings. The Morgan fingerprint density at radius 3 is 2.08 bits per heavy atom. The van der Waals surface area contributed by atoms with E-state index >= 15 is 0 Å². The van der Waals surface area contributed by atoms with Crippen molar-refractivity contribution in [1.82, 2.24) is 10.2 Å². The number of ether oxygens (including phenoxy) is 1. The smallest absolute Gasteiger partial charge is 0.408 e. The molecule has 2 rings (SSSR count). The average Bonchev–Trinajstić information content (AvgIpc) is 2.81. The first kappa shape index (κ1) is 30.7. The van der Waals surface area contributed by atoms with Gasteiger partial charge in [0.05, 0.1) is 0 Å². The Bertz CT molecular complexity index is 1090. The van der Waals surface area contributed by atoms with Gasteiger partial charge in [-0.05, 0) is 75.8 Å². The zero-order valence-electron chi connectivity index (χ0n) is 23.9. The van der Waals surface area contributed by atoms with E-state index in [1.165, 1.54) is 17.0 Å². The van der Waals surface area contributed by atoms with E-state index in [0.29, 0.717) is 24.2 Å². The number of para-hydroxylation sites is 1. The largest absolute Gasteiger partial charge is 0.508 e. The number of hydrogen-bond donors (Lipinski definition) is 3. The van der Waals surface area contributed by atoms with Crippen LogP contribution in [-0.2, 0) is 14.3 Å². The molecule has 8 heteroatoms. The van der Waals surface area contributed by atoms with E-state index in [1.807, 2.05) is 52.8 Å². The molecule has 0 aromatic heterocycles. The van der Waals surface area contributed by atoms with Crippen molar-refractivity contribution in [2.75, 3.05) is 11.9 Å². The number of carbonyl (C=O) groups excluding carboxylic acids is 3. The van der Waals surface area contributed by atoms with E-state index in [-0.39, 0.29) is 23.5 Å². The number of amides is 3. The number of phenolic OH excluding ortho intramolecular Hbond substituents is 1. The van der Waals surface area contributed by atoms with Gasteiger partial charge in [-0.2, -0.15) is 0 Å². The summed E-state index contributed by atoms with van der Waals surface area (Å²) >= 11 is 0. The SMILES string of the molecule is CCCCN(C(=O)C(NC(=O)OC(C)(C)C)C(C)C)C(C(=O)Nc1c(C)cccc1C)c1ccc(O)cc1. The van der Waals surface area contributed by atoms with Crippen LogP contribution in [0, 0.1) is 19.8 Å². The lowest BCUT2D eigenvalue weighted by atomic mass is 9.98. The molecule has 2 aromatic rings. The summed E-state index contributed by atoms with van der Waals surface area (Å²) in [5.41, 5.74) is 2.32. The van der Waals surface area contributed by atoms with Crippen LogP contribution >= 0.6 is 0 Å². The van der Waals surface area contributed by atoms with Crippen LogP contribution in [0.15, 0.2) is 42.5 Å². The molecule has 38 heavy (non-hydrogen) atoms. The summed E-state index contributed by atoms with van der Waals surface area (Å²) in [4.78, 5) is 42.2. The molecule has 0 fully saturated rings. The summed E-state index contributed by atoms with van der Waals surface area (Å²) in [6.45, 7) is 15.1. The molecular weight excluding hydrogens is 482 g/mol. The number of phenols is 1. The summed E-state index contributed by atoms with van der Waals surface area (Å²) in [5, 5.41) is 15.6. The number of nitrogens with zero attached hydrogens (tertiary/aromatic N) is 1. The first-order valence-electron chi connectivity index (χ1n) is 13.2. The fourth-order valence-corrected chi connectivity index (χ4v) is 4.15. The Morgan fingerprint density at radius 1 is 1.00 bits per heavy atom. The minimum atomic E-state index is -0.990. The van der Waals surface area contributed by atoms with E-state index in [1.54, 1.807) is 32.9 Å². The number of aromatic hydroxyl groups is 1. The zero-order chi connectivity index (χ0) is 28.6. The normalized spacial score (nSPS) is 13.0. The van der Waals surface area contributed by atoms with E-state index in [9.17, 15) is 19.5 Å². The van der Waals surface area contributed by atoms with Crippen molar-refractivity contribution in [1.29, 1.82) is 0 Å². The van der Waals surface area contributed by atoms with Gasteiger partial charge >= 0.3 is 6.09 Å². The number of aryl methyl sites for hydroxylation is 2. The first-order valence-corrected chi connectivity index (χ1v) is 13.2. The Labute approximate surface area is 226 Å². The molecule has 3 N–H and O–H groups in total. The number of benzene rings is 2. The summed E-state index contributed by atoms with van der Waals surface area (Å²) < 4.78 is 5.41. The minimum absolute atomic E-state index is 0.0562. The Morgan fingerprint density at radius 2 is 1.58 bits per heavy atom. The van der Waals surface area contributed by atoms with Crippen molar-refractivity contribution >= 4 is 23.6 Å². The second-order valence-corrected chi connectivity index (χ2v) is 11.0. The van der Waals surface area contributed by atoms with Crippen molar-refractivity contribution in [2.24, 2.45) is 5.92 Å². The molecule has 0 aliphatic carbocycles. The third-order valence-electron chi connectivity index (χ3n) is 6.14. The van der Waals surface area contributed by atoms with E-state index in [4.69, 9.17) is 4.74 Å². The number of rotatable bonds is 10. The highest BCUT2D eigenvalue weighted by Gasteiger charge is 2.37.